The van der Waals surface area contributed by atoms with Gasteiger partial charge in [-0.25, -0.2) is 12.2 Å². The maximum absolute atomic E-state index is 2.99. The molecule has 0 amide bonds. The predicted octanol–water partition coefficient (Wildman–Crippen LogP) is 6.37. The van der Waals surface area contributed by atoms with Gasteiger partial charge in [0.25, 0.3) is 0 Å². The van der Waals surface area contributed by atoms with Crippen LogP contribution < -0.4 is 24.8 Å². The number of hydrogen-bond acceptors (Lipinski definition) is 0. The van der Waals surface area contributed by atoms with Gasteiger partial charge in [-0.3, -0.25) is 6.08 Å². The summed E-state index contributed by atoms with van der Waals surface area (Å²) in [7, 11) is 0. The topological polar surface area (TPSA) is 0 Å². The zero-order valence-corrected chi connectivity index (χ0v) is 33.0. The van der Waals surface area contributed by atoms with Crippen LogP contribution in [0.4, 0.5) is 0 Å². The summed E-state index contributed by atoms with van der Waals surface area (Å²) in [5.41, 5.74) is 13.4. The van der Waals surface area contributed by atoms with Gasteiger partial charge in [0.2, 0.25) is 0 Å². The molecule has 4 bridgehead atoms. The van der Waals surface area contributed by atoms with Crippen LogP contribution in [-0.4, -0.2) is 3.81 Å². The van der Waals surface area contributed by atoms with Crippen molar-refractivity contribution in [1.29, 1.82) is 0 Å². The second kappa shape index (κ2) is 15.7. The molecule has 3 heteroatoms. The molecule has 5 aliphatic rings. The van der Waals surface area contributed by atoms with Gasteiger partial charge < -0.3 is 24.8 Å². The first-order chi connectivity index (χ1) is 22.6. The fourth-order valence-electron chi connectivity index (χ4n) is 9.64. The quantitative estimate of drug-likeness (QED) is 0.147. The van der Waals surface area contributed by atoms with Gasteiger partial charge in [0.15, 0.2) is 0 Å². The molecular weight excluding hydrogens is 671 g/mol. The Bertz CT molecular complexity index is 1860. The van der Waals surface area contributed by atoms with Gasteiger partial charge in [-0.2, -0.15) is 6.08 Å². The third-order valence-electron chi connectivity index (χ3n) is 11.2. The number of benzene rings is 4. The van der Waals surface area contributed by atoms with Gasteiger partial charge in [0.05, 0.1) is 0 Å². The third-order valence-corrected chi connectivity index (χ3v) is 12.5. The van der Waals surface area contributed by atoms with Crippen LogP contribution in [0.1, 0.15) is 71.9 Å². The average molecular weight is 720 g/mol. The molecule has 0 saturated heterocycles. The van der Waals surface area contributed by atoms with E-state index in [1.807, 2.05) is 16.0 Å². The number of aryl methyl sites for hydroxylation is 6. The first-order valence-corrected chi connectivity index (χ1v) is 18.5. The summed E-state index contributed by atoms with van der Waals surface area (Å²) in [5, 5.41) is 5.32. The van der Waals surface area contributed by atoms with Crippen LogP contribution in [0.2, 0.25) is 0 Å². The van der Waals surface area contributed by atoms with Crippen molar-refractivity contribution >= 4 is 25.4 Å². The van der Waals surface area contributed by atoms with Crippen LogP contribution in [0.15, 0.2) is 85.0 Å². The minimum atomic E-state index is 0. The van der Waals surface area contributed by atoms with Crippen molar-refractivity contribution in [3.8, 4) is 22.3 Å². The molecule has 0 spiro atoms. The standard InChI is InChI=1S/C31H29.C10H14.C5H5.2ClH.Ti/c1-18-11-20(3)30(21(4)12-18)24-7-9-28-26(15-24)17-27-16-25(8-10-29(27)28)31-22(5)13-19(2)14-23(31)6;1-7-2-9-4-8(1)5-10(3-7)6-9;1-2-4-5-3-1;;;/h7-17H,1-6H3;7-10H,1-5H2;1-3H,4H2;2*1H;/q-1;;-1;;;+2/p-2. The number of hydrogen-bond donors (Lipinski definition) is 0. The van der Waals surface area contributed by atoms with Gasteiger partial charge >= 0.3 is 79.6 Å². The molecule has 10 rings (SSSR count). The maximum atomic E-state index is 2.99. The second-order valence-corrected chi connectivity index (χ2v) is 16.0. The van der Waals surface area contributed by atoms with E-state index in [1.165, 1.54) is 77.2 Å². The van der Waals surface area contributed by atoms with Gasteiger partial charge in [-0.05, 0) is 74.9 Å². The molecule has 0 aliphatic heterocycles. The molecule has 0 atom stereocenters. The van der Waals surface area contributed by atoms with Crippen LogP contribution in [0, 0.1) is 71.3 Å². The number of allylic oxidation sites excluding steroid dienone is 4. The summed E-state index contributed by atoms with van der Waals surface area (Å²) in [6, 6.07) is 25.4. The van der Waals surface area contributed by atoms with Crippen molar-refractivity contribution in [2.24, 2.45) is 23.7 Å². The second-order valence-electron chi connectivity index (χ2n) is 15.1. The van der Waals surface area contributed by atoms with E-state index in [1.54, 1.807) is 32.1 Å². The Morgan fingerprint density at radius 3 is 1.37 bits per heavy atom. The van der Waals surface area contributed by atoms with Gasteiger partial charge in [-0.1, -0.05) is 70.8 Å². The van der Waals surface area contributed by atoms with Crippen LogP contribution in [0.5, 0.6) is 0 Å². The summed E-state index contributed by atoms with van der Waals surface area (Å²) in [4.78, 5) is 0. The third kappa shape index (κ3) is 7.84. The molecule has 0 unspecified atom stereocenters. The van der Waals surface area contributed by atoms with Crippen molar-refractivity contribution in [2.75, 3.05) is 0 Å². The predicted molar refractivity (Wildman–Crippen MR) is 200 cm³/mol. The van der Waals surface area contributed by atoms with E-state index in [0.717, 1.165) is 30.1 Å². The molecule has 252 valence electrons. The van der Waals surface area contributed by atoms with E-state index in [9.17, 15) is 0 Å². The Labute approximate surface area is 318 Å². The molecule has 0 N–H and O–H groups in total. The summed E-state index contributed by atoms with van der Waals surface area (Å²) < 4.78 is 1.87. The van der Waals surface area contributed by atoms with E-state index >= 15 is 0 Å². The summed E-state index contributed by atoms with van der Waals surface area (Å²) in [6.07, 6.45) is 17.8. The van der Waals surface area contributed by atoms with Gasteiger partial charge in [0.1, 0.15) is 0 Å². The number of fused-ring (bicyclic) bond motifs is 3. The number of halogens is 2. The van der Waals surface area contributed by atoms with Crippen molar-refractivity contribution in [2.45, 2.75) is 80.1 Å². The first kappa shape index (κ1) is 37.6. The Morgan fingerprint density at radius 1 is 0.592 bits per heavy atom. The molecular formula is C46H48Cl2Ti-2. The Morgan fingerprint density at radius 2 is 1.02 bits per heavy atom. The van der Waals surface area contributed by atoms with Crippen molar-refractivity contribution in [3.05, 3.63) is 124 Å². The molecule has 5 aromatic rings. The normalized spacial score (nSPS) is 21.2. The first-order valence-electron chi connectivity index (χ1n) is 17.7. The Balaban J connectivity index is 0.000000212. The van der Waals surface area contributed by atoms with Crippen LogP contribution in [0.3, 0.4) is 0 Å². The van der Waals surface area contributed by atoms with E-state index in [-0.39, 0.29) is 24.8 Å². The summed E-state index contributed by atoms with van der Waals surface area (Å²) in [5.74, 6) is 4.40. The SMILES string of the molecule is Cc1cc(C)c(-c2ccc3c(c2)[cH-]c2cc(-c4c(C)cc(C)cc4C)ccc23)c(C)c1.[C-]1=CC=CC1.[Cl-].[Cl-].[Ti+2]=[C]1C2CC3CC(C2)CC1C3. The fraction of sp³-hybridized carbons (Fsp3) is 0.348. The summed E-state index contributed by atoms with van der Waals surface area (Å²) >= 11 is 2.42. The zero-order valence-electron chi connectivity index (χ0n) is 29.9. The van der Waals surface area contributed by atoms with Gasteiger partial charge in [-0.15, -0.1) is 46.2 Å². The molecule has 4 fully saturated rings. The van der Waals surface area contributed by atoms with E-state index in [0.29, 0.717) is 0 Å². The zero-order chi connectivity index (χ0) is 32.8. The van der Waals surface area contributed by atoms with Crippen LogP contribution in [-0.2, 0) is 20.0 Å². The molecule has 0 nitrogen and oxygen atoms in total. The molecule has 5 aliphatic carbocycles. The molecule has 0 radical (unpaired) electrons. The monoisotopic (exact) mass is 718 g/mol. The molecule has 0 heterocycles. The minimum absolute atomic E-state index is 0. The fourth-order valence-corrected chi connectivity index (χ4v) is 10.4. The van der Waals surface area contributed by atoms with Crippen LogP contribution in [0.25, 0.3) is 43.8 Å². The molecule has 49 heavy (non-hydrogen) atoms. The van der Waals surface area contributed by atoms with E-state index < -0.39 is 0 Å². The molecule has 5 aromatic carbocycles. The molecule has 4 saturated carbocycles. The van der Waals surface area contributed by atoms with E-state index in [4.69, 9.17) is 0 Å². The Kier molecular flexibility index (Phi) is 12.1. The van der Waals surface area contributed by atoms with Gasteiger partial charge in [0, 0.05) is 0 Å². The summed E-state index contributed by atoms with van der Waals surface area (Å²) in [6.45, 7) is 13.2. The van der Waals surface area contributed by atoms with Crippen LogP contribution >= 0.6 is 0 Å². The van der Waals surface area contributed by atoms with Crippen molar-refractivity contribution < 1.29 is 44.8 Å². The van der Waals surface area contributed by atoms with Crippen molar-refractivity contribution in [3.63, 3.8) is 0 Å². The average Bonchev–Trinajstić information content (AvgIpc) is 3.70. The van der Waals surface area contributed by atoms with E-state index in [2.05, 4.69) is 140 Å². The van der Waals surface area contributed by atoms with Crippen molar-refractivity contribution in [1.82, 2.24) is 0 Å². The Hall–Kier alpha value is -2.61. The number of rotatable bonds is 2. The molecule has 0 aromatic heterocycles.